The Hall–Kier alpha value is -2.17. The Morgan fingerprint density at radius 2 is 2.24 bits per heavy atom. The van der Waals surface area contributed by atoms with Gasteiger partial charge in [-0.05, 0) is 43.9 Å². The number of aromatic nitrogens is 2. The monoisotopic (exact) mass is 284 g/mol. The van der Waals surface area contributed by atoms with Gasteiger partial charge in [-0.3, -0.25) is 4.79 Å². The Morgan fingerprint density at radius 3 is 2.90 bits per heavy atom. The van der Waals surface area contributed by atoms with Crippen molar-refractivity contribution in [1.29, 1.82) is 0 Å². The van der Waals surface area contributed by atoms with Crippen molar-refractivity contribution in [1.82, 2.24) is 14.9 Å². The van der Waals surface area contributed by atoms with Crippen molar-refractivity contribution in [3.8, 4) is 0 Å². The zero-order valence-electron chi connectivity index (χ0n) is 12.5. The molecule has 1 aromatic heterocycles. The fourth-order valence-electron chi connectivity index (χ4n) is 2.95. The molecule has 1 fully saturated rings. The molecule has 1 unspecified atom stereocenters. The van der Waals surface area contributed by atoms with Crippen LogP contribution in [0.3, 0.4) is 0 Å². The lowest BCUT2D eigenvalue weighted by Crippen LogP contribution is -2.34. The molecule has 1 saturated heterocycles. The van der Waals surface area contributed by atoms with E-state index in [1.165, 1.54) is 5.56 Å². The van der Waals surface area contributed by atoms with Crippen molar-refractivity contribution in [3.05, 3.63) is 29.5 Å². The zero-order valence-corrected chi connectivity index (χ0v) is 12.5. The molecule has 5 heteroatoms. The number of aryl methyl sites for hydroxylation is 1. The third kappa shape index (κ3) is 2.44. The second kappa shape index (κ2) is 5.31. The van der Waals surface area contributed by atoms with Crippen LogP contribution in [0.25, 0.3) is 10.9 Å². The van der Waals surface area contributed by atoms with E-state index in [1.54, 1.807) is 0 Å². The molecule has 0 saturated carbocycles. The molecular formula is C16H20N4O. The number of rotatable bonds is 2. The molecule has 0 radical (unpaired) electrons. The molecule has 1 aromatic carbocycles. The van der Waals surface area contributed by atoms with E-state index in [0.717, 1.165) is 36.7 Å². The second-order valence-electron chi connectivity index (χ2n) is 5.63. The summed E-state index contributed by atoms with van der Waals surface area (Å²) in [4.78, 5) is 23.2. The predicted molar refractivity (Wildman–Crippen MR) is 83.1 cm³/mol. The molecule has 3 rings (SSSR count). The largest absolute Gasteiger partial charge is 0.368 e. The van der Waals surface area contributed by atoms with Gasteiger partial charge in [0.05, 0.1) is 5.52 Å². The highest BCUT2D eigenvalue weighted by molar-refractivity contribution is 6.05. The lowest BCUT2D eigenvalue weighted by Gasteiger charge is -2.21. The minimum atomic E-state index is -0.0349. The van der Waals surface area contributed by atoms with E-state index >= 15 is 0 Å². The van der Waals surface area contributed by atoms with E-state index in [2.05, 4.69) is 23.8 Å². The number of anilines is 1. The maximum absolute atomic E-state index is 12.8. The van der Waals surface area contributed by atoms with Crippen molar-refractivity contribution in [2.45, 2.75) is 39.2 Å². The number of nitrogens with two attached hydrogens (primary N) is 1. The van der Waals surface area contributed by atoms with Gasteiger partial charge in [0.1, 0.15) is 5.69 Å². The van der Waals surface area contributed by atoms with E-state index in [1.807, 2.05) is 23.1 Å². The first-order valence-corrected chi connectivity index (χ1v) is 7.47. The van der Waals surface area contributed by atoms with Crippen LogP contribution in [0, 0.1) is 0 Å². The number of carbonyl (C=O) groups excluding carboxylic acids is 1. The molecular weight excluding hydrogens is 264 g/mol. The third-order valence-electron chi connectivity index (χ3n) is 4.20. The van der Waals surface area contributed by atoms with E-state index in [-0.39, 0.29) is 17.9 Å². The maximum Gasteiger partial charge on any atom is 0.273 e. The average molecular weight is 284 g/mol. The summed E-state index contributed by atoms with van der Waals surface area (Å²) in [5, 5.41) is 0.799. The van der Waals surface area contributed by atoms with Crippen molar-refractivity contribution in [3.63, 3.8) is 0 Å². The number of benzene rings is 1. The Bertz CT molecular complexity index is 698. The number of carbonyl (C=O) groups is 1. The van der Waals surface area contributed by atoms with Gasteiger partial charge in [-0.1, -0.05) is 13.0 Å². The van der Waals surface area contributed by atoms with E-state index in [4.69, 9.17) is 5.73 Å². The van der Waals surface area contributed by atoms with Gasteiger partial charge in [0, 0.05) is 18.0 Å². The van der Waals surface area contributed by atoms with Crippen molar-refractivity contribution in [2.24, 2.45) is 0 Å². The minimum Gasteiger partial charge on any atom is -0.368 e. The molecule has 0 spiro atoms. The van der Waals surface area contributed by atoms with Crippen LogP contribution >= 0.6 is 0 Å². The number of hydrogen-bond acceptors (Lipinski definition) is 4. The fourth-order valence-corrected chi connectivity index (χ4v) is 2.95. The number of nitrogens with zero attached hydrogens (tertiary/aromatic N) is 3. The highest BCUT2D eigenvalue weighted by Gasteiger charge is 2.28. The summed E-state index contributed by atoms with van der Waals surface area (Å²) < 4.78 is 0. The van der Waals surface area contributed by atoms with Gasteiger partial charge in [-0.25, -0.2) is 9.97 Å². The molecule has 2 aromatic rings. The van der Waals surface area contributed by atoms with E-state index in [9.17, 15) is 4.79 Å². The van der Waals surface area contributed by atoms with Gasteiger partial charge >= 0.3 is 0 Å². The fraction of sp³-hybridized carbons (Fsp3) is 0.438. The zero-order chi connectivity index (χ0) is 15.0. The summed E-state index contributed by atoms with van der Waals surface area (Å²) in [6, 6.07) is 6.19. The number of nitrogen functional groups attached to an aromatic ring is 1. The SMILES string of the molecule is CCc1ccc2nc(N)nc(C(=O)N3CCCC3C)c2c1. The van der Waals surface area contributed by atoms with Gasteiger partial charge in [0.2, 0.25) is 5.95 Å². The molecule has 2 heterocycles. The summed E-state index contributed by atoms with van der Waals surface area (Å²) in [6.45, 7) is 4.96. The summed E-state index contributed by atoms with van der Waals surface area (Å²) >= 11 is 0. The maximum atomic E-state index is 12.8. The van der Waals surface area contributed by atoms with E-state index < -0.39 is 0 Å². The molecule has 21 heavy (non-hydrogen) atoms. The summed E-state index contributed by atoms with van der Waals surface area (Å²) in [7, 11) is 0. The second-order valence-corrected chi connectivity index (χ2v) is 5.63. The lowest BCUT2D eigenvalue weighted by molar-refractivity contribution is 0.0744. The molecule has 1 aliphatic heterocycles. The van der Waals surface area contributed by atoms with Crippen LogP contribution in [0.15, 0.2) is 18.2 Å². The van der Waals surface area contributed by atoms with Crippen molar-refractivity contribution in [2.75, 3.05) is 12.3 Å². The van der Waals surface area contributed by atoms with Crippen molar-refractivity contribution >= 4 is 22.8 Å². The normalized spacial score (nSPS) is 18.4. The van der Waals surface area contributed by atoms with Crippen molar-refractivity contribution < 1.29 is 4.79 Å². The molecule has 110 valence electrons. The molecule has 1 amide bonds. The van der Waals surface area contributed by atoms with Gasteiger partial charge in [-0.15, -0.1) is 0 Å². The van der Waals surface area contributed by atoms with Crippen LogP contribution in [-0.2, 0) is 6.42 Å². The molecule has 1 aliphatic rings. The topological polar surface area (TPSA) is 72.1 Å². The van der Waals surface area contributed by atoms with Crippen LogP contribution in [0.1, 0.15) is 42.7 Å². The number of amides is 1. The number of hydrogen-bond donors (Lipinski definition) is 1. The Kier molecular flexibility index (Phi) is 3.49. The third-order valence-corrected chi connectivity index (χ3v) is 4.20. The quantitative estimate of drug-likeness (QED) is 0.919. The van der Waals surface area contributed by atoms with Gasteiger partial charge in [0.15, 0.2) is 0 Å². The summed E-state index contributed by atoms with van der Waals surface area (Å²) in [5.41, 5.74) is 8.10. The Labute approximate surface area is 124 Å². The highest BCUT2D eigenvalue weighted by Crippen LogP contribution is 2.24. The van der Waals surface area contributed by atoms with Crippen LogP contribution in [-0.4, -0.2) is 33.4 Å². The molecule has 2 N–H and O–H groups in total. The van der Waals surface area contributed by atoms with Crippen LogP contribution in [0.4, 0.5) is 5.95 Å². The first-order chi connectivity index (χ1) is 10.1. The first-order valence-electron chi connectivity index (χ1n) is 7.47. The molecule has 0 bridgehead atoms. The molecule has 5 nitrogen and oxygen atoms in total. The van der Waals surface area contributed by atoms with Crippen LogP contribution < -0.4 is 5.73 Å². The first kappa shape index (κ1) is 13.8. The number of fused-ring (bicyclic) bond motifs is 1. The number of likely N-dealkylation sites (tertiary alicyclic amines) is 1. The van der Waals surface area contributed by atoms with Crippen LogP contribution in [0.2, 0.25) is 0 Å². The predicted octanol–water partition coefficient (Wildman–Crippen LogP) is 2.40. The van der Waals surface area contributed by atoms with Gasteiger partial charge in [-0.2, -0.15) is 0 Å². The van der Waals surface area contributed by atoms with E-state index in [0.29, 0.717) is 5.69 Å². The smallest absolute Gasteiger partial charge is 0.273 e. The highest BCUT2D eigenvalue weighted by atomic mass is 16.2. The van der Waals surface area contributed by atoms with Gasteiger partial charge in [0.25, 0.3) is 5.91 Å². The lowest BCUT2D eigenvalue weighted by atomic mass is 10.1. The van der Waals surface area contributed by atoms with Gasteiger partial charge < -0.3 is 10.6 Å². The average Bonchev–Trinajstić information content (AvgIpc) is 2.91. The minimum absolute atomic E-state index is 0.0349. The Balaban J connectivity index is 2.13. The standard InChI is InChI=1S/C16H20N4O/c1-3-11-6-7-13-12(9-11)14(19-16(17)18-13)15(21)20-8-4-5-10(20)2/h6-7,9-10H,3-5,8H2,1-2H3,(H2,17,18,19). The molecule has 0 aliphatic carbocycles. The Morgan fingerprint density at radius 1 is 1.43 bits per heavy atom. The summed E-state index contributed by atoms with van der Waals surface area (Å²) in [6.07, 6.45) is 3.00. The summed E-state index contributed by atoms with van der Waals surface area (Å²) in [5.74, 6) is 0.120. The molecule has 1 atom stereocenters. The van der Waals surface area contributed by atoms with Crippen LogP contribution in [0.5, 0.6) is 0 Å².